The van der Waals surface area contributed by atoms with Gasteiger partial charge in [0.25, 0.3) is 11.6 Å². The van der Waals surface area contributed by atoms with Crippen LogP contribution in [0.4, 0.5) is 10.8 Å². The first-order valence-corrected chi connectivity index (χ1v) is 8.12. The van der Waals surface area contributed by atoms with Crippen molar-refractivity contribution in [1.82, 2.24) is 4.98 Å². The van der Waals surface area contributed by atoms with Crippen LogP contribution in [-0.4, -0.2) is 15.8 Å². The summed E-state index contributed by atoms with van der Waals surface area (Å²) in [7, 11) is 0. The quantitative estimate of drug-likeness (QED) is 0.317. The highest BCUT2D eigenvalue weighted by Gasteiger charge is 2.17. The second-order valence-corrected chi connectivity index (χ2v) is 5.83. The van der Waals surface area contributed by atoms with E-state index in [0.29, 0.717) is 10.7 Å². The van der Waals surface area contributed by atoms with Gasteiger partial charge in [0.15, 0.2) is 5.13 Å². The minimum Gasteiger partial charge on any atom is -0.456 e. The van der Waals surface area contributed by atoms with Crippen LogP contribution in [-0.2, 0) is 4.79 Å². The van der Waals surface area contributed by atoms with E-state index < -0.39 is 10.8 Å². The topological polar surface area (TPSA) is 122 Å². The second-order valence-electron chi connectivity index (χ2n) is 4.94. The van der Waals surface area contributed by atoms with Crippen molar-refractivity contribution in [2.24, 2.45) is 0 Å². The standard InChI is InChI=1S/C17H10N4O4S/c18-10-11(16(22)20-17-19-7-8-26-17)9-12-5-6-15(25-12)13-3-1-2-4-14(13)21(23)24/h1-9H,(H,19,20,22)/b11-9+. The van der Waals surface area contributed by atoms with Crippen molar-refractivity contribution in [3.05, 3.63) is 69.4 Å². The number of nitriles is 1. The van der Waals surface area contributed by atoms with Gasteiger partial charge in [0.05, 0.1) is 10.5 Å². The first kappa shape index (κ1) is 17.1. The number of para-hydroxylation sites is 1. The molecule has 8 nitrogen and oxygen atoms in total. The van der Waals surface area contributed by atoms with Crippen molar-refractivity contribution in [3.8, 4) is 17.4 Å². The Morgan fingerprint density at radius 1 is 1.35 bits per heavy atom. The highest BCUT2D eigenvalue weighted by atomic mass is 32.1. The summed E-state index contributed by atoms with van der Waals surface area (Å²) in [5.41, 5.74) is 0.0333. The number of benzene rings is 1. The summed E-state index contributed by atoms with van der Waals surface area (Å²) in [6.45, 7) is 0. The Labute approximate surface area is 151 Å². The third-order valence-electron chi connectivity index (χ3n) is 3.30. The molecule has 9 heteroatoms. The van der Waals surface area contributed by atoms with E-state index in [1.165, 1.54) is 35.7 Å². The molecule has 26 heavy (non-hydrogen) atoms. The van der Waals surface area contributed by atoms with E-state index in [2.05, 4.69) is 10.3 Å². The average molecular weight is 366 g/mol. The fourth-order valence-corrected chi connectivity index (χ4v) is 2.68. The van der Waals surface area contributed by atoms with Crippen molar-refractivity contribution in [2.45, 2.75) is 0 Å². The van der Waals surface area contributed by atoms with Gasteiger partial charge in [-0.2, -0.15) is 5.26 Å². The third kappa shape index (κ3) is 3.66. The molecule has 0 fully saturated rings. The maximum Gasteiger partial charge on any atom is 0.280 e. The molecule has 0 bridgehead atoms. The normalized spacial score (nSPS) is 11.0. The summed E-state index contributed by atoms with van der Waals surface area (Å²) in [5, 5.41) is 24.9. The number of nitrogens with one attached hydrogen (secondary N) is 1. The predicted molar refractivity (Wildman–Crippen MR) is 95.1 cm³/mol. The van der Waals surface area contributed by atoms with E-state index in [4.69, 9.17) is 4.42 Å². The number of nitro groups is 1. The molecule has 1 N–H and O–H groups in total. The summed E-state index contributed by atoms with van der Waals surface area (Å²) >= 11 is 1.22. The van der Waals surface area contributed by atoms with Crippen LogP contribution in [0.2, 0.25) is 0 Å². The number of carbonyl (C=O) groups excluding carboxylic acids is 1. The number of hydrogen-bond donors (Lipinski definition) is 1. The molecule has 0 aliphatic rings. The molecule has 0 atom stereocenters. The van der Waals surface area contributed by atoms with E-state index in [9.17, 15) is 20.2 Å². The van der Waals surface area contributed by atoms with Crippen molar-refractivity contribution in [2.75, 3.05) is 5.32 Å². The van der Waals surface area contributed by atoms with Crippen LogP contribution >= 0.6 is 11.3 Å². The largest absolute Gasteiger partial charge is 0.456 e. The van der Waals surface area contributed by atoms with E-state index in [-0.39, 0.29) is 22.8 Å². The van der Waals surface area contributed by atoms with Crippen LogP contribution in [0, 0.1) is 21.4 Å². The van der Waals surface area contributed by atoms with Crippen molar-refractivity contribution < 1.29 is 14.1 Å². The van der Waals surface area contributed by atoms with Crippen molar-refractivity contribution in [3.63, 3.8) is 0 Å². The minimum absolute atomic E-state index is 0.0978. The van der Waals surface area contributed by atoms with Gasteiger partial charge in [-0.1, -0.05) is 12.1 Å². The molecular weight excluding hydrogens is 356 g/mol. The van der Waals surface area contributed by atoms with Crippen molar-refractivity contribution >= 4 is 34.1 Å². The summed E-state index contributed by atoms with van der Waals surface area (Å²) in [6, 6.07) is 11.0. The number of hydrogen-bond acceptors (Lipinski definition) is 7. The van der Waals surface area contributed by atoms with Crippen LogP contribution < -0.4 is 5.32 Å². The van der Waals surface area contributed by atoms with Gasteiger partial charge in [0, 0.05) is 23.7 Å². The third-order valence-corrected chi connectivity index (χ3v) is 3.99. The number of nitrogens with zero attached hydrogens (tertiary/aromatic N) is 3. The lowest BCUT2D eigenvalue weighted by molar-refractivity contribution is -0.384. The molecular formula is C17H10N4O4S. The van der Waals surface area contributed by atoms with Gasteiger partial charge in [-0.05, 0) is 18.2 Å². The van der Waals surface area contributed by atoms with Crippen molar-refractivity contribution in [1.29, 1.82) is 5.26 Å². The number of nitro benzene ring substituents is 1. The Balaban J connectivity index is 1.87. The van der Waals surface area contributed by atoms with E-state index in [0.717, 1.165) is 0 Å². The fourth-order valence-electron chi connectivity index (χ4n) is 2.16. The molecule has 128 valence electrons. The Bertz CT molecular complexity index is 1030. The Hall–Kier alpha value is -3.77. The van der Waals surface area contributed by atoms with Crippen LogP contribution in [0.5, 0.6) is 0 Å². The zero-order chi connectivity index (χ0) is 18.5. The highest BCUT2D eigenvalue weighted by molar-refractivity contribution is 7.13. The molecule has 2 heterocycles. The smallest absolute Gasteiger partial charge is 0.280 e. The number of amides is 1. The lowest BCUT2D eigenvalue weighted by Gasteiger charge is -2.00. The number of aromatic nitrogens is 1. The van der Waals surface area contributed by atoms with E-state index >= 15 is 0 Å². The lowest BCUT2D eigenvalue weighted by Crippen LogP contribution is -2.13. The molecule has 0 aliphatic heterocycles. The molecule has 0 unspecified atom stereocenters. The van der Waals surface area contributed by atoms with Gasteiger partial charge in [-0.3, -0.25) is 20.2 Å². The number of carbonyl (C=O) groups is 1. The zero-order valence-corrected chi connectivity index (χ0v) is 13.9. The minimum atomic E-state index is -0.619. The van der Waals surface area contributed by atoms with Gasteiger partial charge in [0.2, 0.25) is 0 Å². The molecule has 0 saturated carbocycles. The molecule has 1 amide bonds. The van der Waals surface area contributed by atoms with Crippen LogP contribution in [0.1, 0.15) is 5.76 Å². The Morgan fingerprint density at radius 3 is 2.85 bits per heavy atom. The summed E-state index contributed by atoms with van der Waals surface area (Å²) < 4.78 is 5.55. The molecule has 0 radical (unpaired) electrons. The fraction of sp³-hybridized carbons (Fsp3) is 0. The van der Waals surface area contributed by atoms with Gasteiger partial charge in [0.1, 0.15) is 23.2 Å². The van der Waals surface area contributed by atoms with Gasteiger partial charge >= 0.3 is 0 Å². The molecule has 3 rings (SSSR count). The maximum absolute atomic E-state index is 12.1. The highest BCUT2D eigenvalue weighted by Crippen LogP contribution is 2.31. The summed E-state index contributed by atoms with van der Waals surface area (Å²) in [6.07, 6.45) is 2.79. The van der Waals surface area contributed by atoms with Gasteiger partial charge in [-0.25, -0.2) is 4.98 Å². The lowest BCUT2D eigenvalue weighted by atomic mass is 10.1. The number of furan rings is 1. The predicted octanol–water partition coefficient (Wildman–Crippen LogP) is 3.86. The second kappa shape index (κ2) is 7.42. The average Bonchev–Trinajstić information content (AvgIpc) is 3.31. The number of thiazole rings is 1. The SMILES string of the molecule is N#C/C(=C\c1ccc(-c2ccccc2[N+](=O)[O-])o1)C(=O)Nc1nccs1. The summed E-state index contributed by atoms with van der Waals surface area (Å²) in [4.78, 5) is 26.6. The molecule has 2 aromatic heterocycles. The zero-order valence-electron chi connectivity index (χ0n) is 13.1. The van der Waals surface area contributed by atoms with Crippen LogP contribution in [0.3, 0.4) is 0 Å². The Morgan fingerprint density at radius 2 is 2.15 bits per heavy atom. The Kier molecular flexibility index (Phi) is 4.87. The first-order valence-electron chi connectivity index (χ1n) is 7.25. The van der Waals surface area contributed by atoms with Gasteiger partial charge < -0.3 is 4.42 Å². The van der Waals surface area contributed by atoms with Crippen LogP contribution in [0.15, 0.2) is 58.0 Å². The van der Waals surface area contributed by atoms with E-state index in [1.807, 2.05) is 0 Å². The maximum atomic E-state index is 12.1. The number of anilines is 1. The molecule has 0 aliphatic carbocycles. The van der Waals surface area contributed by atoms with Gasteiger partial charge in [-0.15, -0.1) is 11.3 Å². The monoisotopic (exact) mass is 366 g/mol. The molecule has 0 saturated heterocycles. The molecule has 0 spiro atoms. The van der Waals surface area contributed by atoms with Crippen LogP contribution in [0.25, 0.3) is 17.4 Å². The number of rotatable bonds is 5. The molecule has 3 aromatic rings. The van der Waals surface area contributed by atoms with E-state index in [1.54, 1.807) is 35.7 Å². The first-order chi connectivity index (χ1) is 12.6. The molecule has 1 aromatic carbocycles. The summed E-state index contributed by atoms with van der Waals surface area (Å²) in [5.74, 6) is -0.128.